The van der Waals surface area contributed by atoms with Gasteiger partial charge in [0.25, 0.3) is 5.91 Å². The number of rotatable bonds is 2. The van der Waals surface area contributed by atoms with Gasteiger partial charge in [-0.2, -0.15) is 0 Å². The summed E-state index contributed by atoms with van der Waals surface area (Å²) in [5.74, 6) is -0.0722. The Hall–Kier alpha value is -2.32. The van der Waals surface area contributed by atoms with Crippen LogP contribution in [-0.2, 0) is 4.79 Å². The number of allylic oxidation sites excluding steroid dienone is 1. The zero-order chi connectivity index (χ0) is 14.8. The molecule has 0 aromatic heterocycles. The second-order valence-electron chi connectivity index (χ2n) is 4.93. The fourth-order valence-corrected chi connectivity index (χ4v) is 2.53. The molecule has 0 spiro atoms. The number of halogens is 1. The summed E-state index contributed by atoms with van der Waals surface area (Å²) in [4.78, 5) is 12.2. The van der Waals surface area contributed by atoms with Gasteiger partial charge in [-0.05, 0) is 41.8 Å². The zero-order valence-electron chi connectivity index (χ0n) is 11.6. The van der Waals surface area contributed by atoms with Crippen molar-refractivity contribution in [2.24, 2.45) is 0 Å². The maximum Gasteiger partial charge on any atom is 0.256 e. The number of hydrogen-bond acceptors (Lipinski definition) is 1. The normalized spacial score (nSPS) is 16.5. The minimum absolute atomic E-state index is 0.0722. The SMILES string of the molecule is CC1=C(c2ccc(Cl)cc2)C(=O)N/C1=C\c1ccccc1. The van der Waals surface area contributed by atoms with Crippen LogP contribution in [0.3, 0.4) is 0 Å². The molecule has 0 saturated heterocycles. The van der Waals surface area contributed by atoms with Crippen LogP contribution in [0.4, 0.5) is 0 Å². The third-order valence-corrected chi connectivity index (χ3v) is 3.75. The molecule has 0 fully saturated rings. The number of benzene rings is 2. The van der Waals surface area contributed by atoms with E-state index in [1.165, 1.54) is 0 Å². The summed E-state index contributed by atoms with van der Waals surface area (Å²) < 4.78 is 0. The predicted octanol–water partition coefficient (Wildman–Crippen LogP) is 4.28. The van der Waals surface area contributed by atoms with Gasteiger partial charge in [-0.1, -0.05) is 54.1 Å². The van der Waals surface area contributed by atoms with Gasteiger partial charge in [0.2, 0.25) is 0 Å². The number of carbonyl (C=O) groups is 1. The monoisotopic (exact) mass is 295 g/mol. The Morgan fingerprint density at radius 3 is 2.33 bits per heavy atom. The lowest BCUT2D eigenvalue weighted by molar-refractivity contribution is -0.114. The highest BCUT2D eigenvalue weighted by Crippen LogP contribution is 2.30. The number of amides is 1. The van der Waals surface area contributed by atoms with E-state index >= 15 is 0 Å². The molecule has 21 heavy (non-hydrogen) atoms. The molecule has 1 heterocycles. The van der Waals surface area contributed by atoms with E-state index in [0.717, 1.165) is 22.4 Å². The molecule has 104 valence electrons. The van der Waals surface area contributed by atoms with Gasteiger partial charge in [0.1, 0.15) is 0 Å². The van der Waals surface area contributed by atoms with Gasteiger partial charge in [-0.3, -0.25) is 4.79 Å². The Labute approximate surface area is 128 Å². The molecule has 3 heteroatoms. The predicted molar refractivity (Wildman–Crippen MR) is 86.6 cm³/mol. The Morgan fingerprint density at radius 2 is 1.67 bits per heavy atom. The van der Waals surface area contributed by atoms with Crippen molar-refractivity contribution in [1.29, 1.82) is 0 Å². The third kappa shape index (κ3) is 2.76. The van der Waals surface area contributed by atoms with E-state index in [-0.39, 0.29) is 5.91 Å². The van der Waals surface area contributed by atoms with Gasteiger partial charge in [0.05, 0.1) is 5.57 Å². The molecule has 0 radical (unpaired) electrons. The van der Waals surface area contributed by atoms with Crippen LogP contribution in [-0.4, -0.2) is 5.91 Å². The lowest BCUT2D eigenvalue weighted by Crippen LogP contribution is -2.15. The van der Waals surface area contributed by atoms with Gasteiger partial charge in [-0.15, -0.1) is 0 Å². The lowest BCUT2D eigenvalue weighted by atomic mass is 10.0. The van der Waals surface area contributed by atoms with Crippen LogP contribution >= 0.6 is 11.6 Å². The summed E-state index contributed by atoms with van der Waals surface area (Å²) in [5, 5.41) is 3.59. The number of hydrogen-bond donors (Lipinski definition) is 1. The van der Waals surface area contributed by atoms with Crippen LogP contribution in [0.15, 0.2) is 65.9 Å². The Bertz CT molecular complexity index is 743. The van der Waals surface area contributed by atoms with Crippen molar-refractivity contribution in [3.05, 3.63) is 82.0 Å². The zero-order valence-corrected chi connectivity index (χ0v) is 12.3. The van der Waals surface area contributed by atoms with Crippen LogP contribution in [0.25, 0.3) is 11.6 Å². The molecular formula is C18H14ClNO. The first-order valence-corrected chi connectivity index (χ1v) is 7.08. The molecular weight excluding hydrogens is 282 g/mol. The molecule has 0 saturated carbocycles. The molecule has 3 rings (SSSR count). The summed E-state index contributed by atoms with van der Waals surface area (Å²) in [6.45, 7) is 1.95. The molecule has 0 bridgehead atoms. The molecule has 0 atom stereocenters. The van der Waals surface area contributed by atoms with Crippen LogP contribution in [0.2, 0.25) is 5.02 Å². The third-order valence-electron chi connectivity index (χ3n) is 3.50. The van der Waals surface area contributed by atoms with Crippen molar-refractivity contribution in [3.63, 3.8) is 0 Å². The Balaban J connectivity index is 2.02. The largest absolute Gasteiger partial charge is 0.322 e. The molecule has 1 N–H and O–H groups in total. The second kappa shape index (κ2) is 5.58. The first kappa shape index (κ1) is 13.7. The van der Waals surface area contributed by atoms with E-state index in [4.69, 9.17) is 11.6 Å². The smallest absolute Gasteiger partial charge is 0.256 e. The Kier molecular flexibility index (Phi) is 3.63. The summed E-state index contributed by atoms with van der Waals surface area (Å²) in [6, 6.07) is 17.3. The van der Waals surface area contributed by atoms with Crippen LogP contribution in [0.1, 0.15) is 18.1 Å². The minimum atomic E-state index is -0.0722. The highest BCUT2D eigenvalue weighted by molar-refractivity contribution is 6.31. The van der Waals surface area contributed by atoms with E-state index in [0.29, 0.717) is 10.6 Å². The second-order valence-corrected chi connectivity index (χ2v) is 5.37. The van der Waals surface area contributed by atoms with Crippen molar-refractivity contribution in [3.8, 4) is 0 Å². The van der Waals surface area contributed by atoms with Gasteiger partial charge < -0.3 is 5.32 Å². The molecule has 2 aromatic carbocycles. The fourth-order valence-electron chi connectivity index (χ4n) is 2.41. The average Bonchev–Trinajstić information content (AvgIpc) is 2.76. The van der Waals surface area contributed by atoms with Crippen molar-refractivity contribution >= 4 is 29.2 Å². The fraction of sp³-hybridized carbons (Fsp3) is 0.0556. The number of nitrogens with one attached hydrogen (secondary N) is 1. The van der Waals surface area contributed by atoms with E-state index in [1.807, 2.05) is 55.5 Å². The summed E-state index contributed by atoms with van der Waals surface area (Å²) in [6.07, 6.45) is 1.98. The first-order valence-electron chi connectivity index (χ1n) is 6.70. The molecule has 2 nitrogen and oxygen atoms in total. The molecule has 1 amide bonds. The van der Waals surface area contributed by atoms with Gasteiger partial charge >= 0.3 is 0 Å². The van der Waals surface area contributed by atoms with Crippen LogP contribution in [0.5, 0.6) is 0 Å². The topological polar surface area (TPSA) is 29.1 Å². The van der Waals surface area contributed by atoms with Gasteiger partial charge in [-0.25, -0.2) is 0 Å². The summed E-state index contributed by atoms with van der Waals surface area (Å²) in [5.41, 5.74) is 4.44. The minimum Gasteiger partial charge on any atom is -0.322 e. The summed E-state index contributed by atoms with van der Waals surface area (Å²) in [7, 11) is 0. The quantitative estimate of drug-likeness (QED) is 0.880. The number of carbonyl (C=O) groups excluding carboxylic acids is 1. The first-order chi connectivity index (χ1) is 10.1. The van der Waals surface area contributed by atoms with E-state index in [1.54, 1.807) is 12.1 Å². The standard InChI is InChI=1S/C18H14ClNO/c1-12-16(11-13-5-3-2-4-6-13)20-18(21)17(12)14-7-9-15(19)10-8-14/h2-11H,1H3,(H,20,21)/b16-11-. The highest BCUT2D eigenvalue weighted by Gasteiger charge is 2.25. The van der Waals surface area contributed by atoms with E-state index < -0.39 is 0 Å². The average molecular weight is 296 g/mol. The van der Waals surface area contributed by atoms with Crippen molar-refractivity contribution < 1.29 is 4.79 Å². The van der Waals surface area contributed by atoms with Crippen molar-refractivity contribution in [2.75, 3.05) is 0 Å². The van der Waals surface area contributed by atoms with Gasteiger partial charge in [0, 0.05) is 10.7 Å². The van der Waals surface area contributed by atoms with Crippen molar-refractivity contribution in [2.45, 2.75) is 6.92 Å². The molecule has 2 aromatic rings. The van der Waals surface area contributed by atoms with Crippen LogP contribution < -0.4 is 5.32 Å². The van der Waals surface area contributed by atoms with Crippen molar-refractivity contribution in [1.82, 2.24) is 5.32 Å². The molecule has 0 aliphatic carbocycles. The molecule has 0 unspecified atom stereocenters. The summed E-state index contributed by atoms with van der Waals surface area (Å²) >= 11 is 5.90. The Morgan fingerprint density at radius 1 is 1.00 bits per heavy atom. The maximum atomic E-state index is 12.2. The lowest BCUT2D eigenvalue weighted by Gasteiger charge is -2.01. The van der Waals surface area contributed by atoms with E-state index in [9.17, 15) is 4.79 Å². The molecule has 1 aliphatic rings. The highest BCUT2D eigenvalue weighted by atomic mass is 35.5. The van der Waals surface area contributed by atoms with Gasteiger partial charge in [0.15, 0.2) is 0 Å². The maximum absolute atomic E-state index is 12.2. The molecule has 1 aliphatic heterocycles. The van der Waals surface area contributed by atoms with E-state index in [2.05, 4.69) is 5.32 Å². The van der Waals surface area contributed by atoms with Crippen LogP contribution in [0, 0.1) is 0 Å².